The van der Waals surface area contributed by atoms with Crippen molar-refractivity contribution in [2.45, 2.75) is 25.9 Å². The normalized spacial score (nSPS) is 12.5. The predicted octanol–water partition coefficient (Wildman–Crippen LogP) is 1.64. The second kappa shape index (κ2) is 5.05. The van der Waals surface area contributed by atoms with Gasteiger partial charge in [0.1, 0.15) is 0 Å². The molecule has 0 amide bonds. The second-order valence-electron chi connectivity index (χ2n) is 4.06. The van der Waals surface area contributed by atoms with Crippen LogP contribution in [-0.4, -0.2) is 28.4 Å². The molecule has 1 unspecified atom stereocenters. The van der Waals surface area contributed by atoms with Gasteiger partial charge in [-0.25, -0.2) is 4.79 Å². The van der Waals surface area contributed by atoms with Gasteiger partial charge in [0, 0.05) is 5.56 Å². The zero-order chi connectivity index (χ0) is 13.2. The first-order chi connectivity index (χ1) is 7.88. The number of rotatable bonds is 4. The summed E-state index contributed by atoms with van der Waals surface area (Å²) in [7, 11) is 1.37. The lowest BCUT2D eigenvalue weighted by Crippen LogP contribution is -2.11. The minimum atomic E-state index is -1.76. The Morgan fingerprint density at radius 1 is 1.35 bits per heavy atom. The second-order valence-corrected chi connectivity index (χ2v) is 4.06. The molecule has 0 aliphatic carbocycles. The molecule has 94 valence electrons. The number of hydrogen-bond donors (Lipinski definition) is 3. The van der Waals surface area contributed by atoms with E-state index < -0.39 is 12.1 Å². The SMILES string of the molecule is COc1cc(C(C)C)cc(C(O)C(=O)O)c1O. The average molecular weight is 240 g/mol. The van der Waals surface area contributed by atoms with E-state index in [0.29, 0.717) is 0 Å². The van der Waals surface area contributed by atoms with Crippen LogP contribution >= 0.6 is 0 Å². The number of carboxylic acid groups (broad SMARTS) is 1. The number of carbonyl (C=O) groups is 1. The van der Waals surface area contributed by atoms with E-state index in [4.69, 9.17) is 9.84 Å². The van der Waals surface area contributed by atoms with Crippen molar-refractivity contribution in [3.63, 3.8) is 0 Å². The highest BCUT2D eigenvalue weighted by molar-refractivity contribution is 5.76. The third-order valence-electron chi connectivity index (χ3n) is 2.54. The number of hydrogen-bond acceptors (Lipinski definition) is 4. The Labute approximate surface area is 99.3 Å². The molecule has 0 aromatic heterocycles. The van der Waals surface area contributed by atoms with Crippen LogP contribution in [0.5, 0.6) is 11.5 Å². The topological polar surface area (TPSA) is 87.0 Å². The van der Waals surface area contributed by atoms with E-state index in [1.165, 1.54) is 13.2 Å². The van der Waals surface area contributed by atoms with Gasteiger partial charge >= 0.3 is 5.97 Å². The summed E-state index contributed by atoms with van der Waals surface area (Å²) in [6.07, 6.45) is -1.76. The Balaban J connectivity index is 3.37. The Hall–Kier alpha value is -1.75. The van der Waals surface area contributed by atoms with E-state index >= 15 is 0 Å². The van der Waals surface area contributed by atoms with Gasteiger partial charge in [0.15, 0.2) is 17.6 Å². The third-order valence-corrected chi connectivity index (χ3v) is 2.54. The standard InChI is InChI=1S/C12H16O5/c1-6(2)7-4-8(11(14)12(15)16)10(13)9(5-7)17-3/h4-6,11,13-14H,1-3H3,(H,15,16). The molecule has 0 heterocycles. The van der Waals surface area contributed by atoms with E-state index in [1.807, 2.05) is 13.8 Å². The van der Waals surface area contributed by atoms with E-state index in [-0.39, 0.29) is 23.0 Å². The molecule has 0 bridgehead atoms. The Morgan fingerprint density at radius 2 is 1.94 bits per heavy atom. The number of aliphatic carboxylic acids is 1. The van der Waals surface area contributed by atoms with Crippen LogP contribution in [0.15, 0.2) is 12.1 Å². The molecule has 3 N–H and O–H groups in total. The molecular weight excluding hydrogens is 224 g/mol. The molecule has 0 fully saturated rings. The molecule has 5 nitrogen and oxygen atoms in total. The maximum atomic E-state index is 10.7. The van der Waals surface area contributed by atoms with Crippen molar-refractivity contribution in [1.82, 2.24) is 0 Å². The largest absolute Gasteiger partial charge is 0.504 e. The molecule has 0 saturated carbocycles. The molecule has 0 aliphatic rings. The fraction of sp³-hybridized carbons (Fsp3) is 0.417. The molecule has 5 heteroatoms. The van der Waals surface area contributed by atoms with Crippen molar-refractivity contribution in [2.24, 2.45) is 0 Å². The molecular formula is C12H16O5. The summed E-state index contributed by atoms with van der Waals surface area (Å²) >= 11 is 0. The zero-order valence-electron chi connectivity index (χ0n) is 9.97. The Bertz CT molecular complexity index is 425. The van der Waals surface area contributed by atoms with Crippen LogP contribution in [0.1, 0.15) is 37.0 Å². The van der Waals surface area contributed by atoms with Gasteiger partial charge in [-0.05, 0) is 23.6 Å². The molecule has 1 aromatic carbocycles. The van der Waals surface area contributed by atoms with Crippen LogP contribution in [0.3, 0.4) is 0 Å². The lowest BCUT2D eigenvalue weighted by atomic mass is 9.97. The highest BCUT2D eigenvalue weighted by Crippen LogP contribution is 2.37. The molecule has 0 saturated heterocycles. The fourth-order valence-corrected chi connectivity index (χ4v) is 1.48. The average Bonchev–Trinajstić information content (AvgIpc) is 2.27. The number of aliphatic hydroxyl groups is 1. The minimum Gasteiger partial charge on any atom is -0.504 e. The van der Waals surface area contributed by atoms with Crippen LogP contribution in [0.4, 0.5) is 0 Å². The number of aliphatic hydroxyl groups excluding tert-OH is 1. The highest BCUT2D eigenvalue weighted by Gasteiger charge is 2.23. The van der Waals surface area contributed by atoms with E-state index in [2.05, 4.69) is 0 Å². The number of phenols is 1. The molecule has 1 atom stereocenters. The Morgan fingerprint density at radius 3 is 2.35 bits per heavy atom. The summed E-state index contributed by atoms with van der Waals surface area (Å²) < 4.78 is 4.95. The van der Waals surface area contributed by atoms with Crippen molar-refractivity contribution < 1.29 is 24.9 Å². The first kappa shape index (κ1) is 13.3. The zero-order valence-corrected chi connectivity index (χ0v) is 9.97. The summed E-state index contributed by atoms with van der Waals surface area (Å²) in [5.41, 5.74) is 0.732. The van der Waals surface area contributed by atoms with Gasteiger partial charge in [-0.2, -0.15) is 0 Å². The molecule has 17 heavy (non-hydrogen) atoms. The van der Waals surface area contributed by atoms with E-state index in [1.54, 1.807) is 6.07 Å². The smallest absolute Gasteiger partial charge is 0.337 e. The van der Waals surface area contributed by atoms with Crippen LogP contribution in [-0.2, 0) is 4.79 Å². The highest BCUT2D eigenvalue weighted by atomic mass is 16.5. The van der Waals surface area contributed by atoms with Gasteiger partial charge in [-0.15, -0.1) is 0 Å². The number of aromatic hydroxyl groups is 1. The van der Waals surface area contributed by atoms with Gasteiger partial charge in [0.2, 0.25) is 0 Å². The summed E-state index contributed by atoms with van der Waals surface area (Å²) in [5.74, 6) is -1.47. The van der Waals surface area contributed by atoms with Gasteiger partial charge in [-0.1, -0.05) is 13.8 Å². The summed E-state index contributed by atoms with van der Waals surface area (Å²) in [5, 5.41) is 28.0. The maximum absolute atomic E-state index is 10.7. The number of phenolic OH excluding ortho intramolecular Hbond substituents is 1. The summed E-state index contributed by atoms with van der Waals surface area (Å²) in [6.45, 7) is 3.84. The van der Waals surface area contributed by atoms with Gasteiger partial charge < -0.3 is 20.1 Å². The number of benzene rings is 1. The van der Waals surface area contributed by atoms with Crippen LogP contribution in [0.25, 0.3) is 0 Å². The van der Waals surface area contributed by atoms with Crippen molar-refractivity contribution in [3.8, 4) is 11.5 Å². The van der Waals surface area contributed by atoms with Gasteiger partial charge in [-0.3, -0.25) is 0 Å². The molecule has 0 spiro atoms. The summed E-state index contributed by atoms with van der Waals surface area (Å²) in [4.78, 5) is 10.7. The Kier molecular flexibility index (Phi) is 3.96. The van der Waals surface area contributed by atoms with Crippen LogP contribution in [0.2, 0.25) is 0 Å². The number of carboxylic acids is 1. The first-order valence-electron chi connectivity index (χ1n) is 5.20. The van der Waals surface area contributed by atoms with Crippen molar-refractivity contribution in [2.75, 3.05) is 7.11 Å². The molecule has 1 rings (SSSR count). The lowest BCUT2D eigenvalue weighted by Gasteiger charge is -2.15. The molecule has 0 radical (unpaired) electrons. The first-order valence-corrected chi connectivity index (χ1v) is 5.20. The fourth-order valence-electron chi connectivity index (χ4n) is 1.48. The molecule has 1 aromatic rings. The summed E-state index contributed by atoms with van der Waals surface area (Å²) in [6, 6.07) is 3.10. The van der Waals surface area contributed by atoms with Crippen molar-refractivity contribution in [3.05, 3.63) is 23.3 Å². The van der Waals surface area contributed by atoms with E-state index in [0.717, 1.165) is 5.56 Å². The minimum absolute atomic E-state index is 0.0550. The molecule has 0 aliphatic heterocycles. The number of ether oxygens (including phenoxy) is 1. The van der Waals surface area contributed by atoms with Gasteiger partial charge in [0.25, 0.3) is 0 Å². The number of methoxy groups -OCH3 is 1. The van der Waals surface area contributed by atoms with Crippen molar-refractivity contribution >= 4 is 5.97 Å². The van der Waals surface area contributed by atoms with Crippen molar-refractivity contribution in [1.29, 1.82) is 0 Å². The lowest BCUT2D eigenvalue weighted by molar-refractivity contribution is -0.147. The van der Waals surface area contributed by atoms with Gasteiger partial charge in [0.05, 0.1) is 7.11 Å². The van der Waals surface area contributed by atoms with Crippen LogP contribution in [0, 0.1) is 0 Å². The quantitative estimate of drug-likeness (QED) is 0.744. The third kappa shape index (κ3) is 2.68. The predicted molar refractivity (Wildman–Crippen MR) is 61.3 cm³/mol. The maximum Gasteiger partial charge on any atom is 0.337 e. The van der Waals surface area contributed by atoms with E-state index in [9.17, 15) is 15.0 Å². The monoisotopic (exact) mass is 240 g/mol. The van der Waals surface area contributed by atoms with Crippen LogP contribution < -0.4 is 4.74 Å².